The highest BCUT2D eigenvalue weighted by Crippen LogP contribution is 2.33. The van der Waals surface area contributed by atoms with Crippen molar-refractivity contribution in [3.8, 4) is 11.3 Å². The van der Waals surface area contributed by atoms with Crippen LogP contribution in [0.5, 0.6) is 0 Å². The first-order valence-corrected chi connectivity index (χ1v) is 8.02. The van der Waals surface area contributed by atoms with Crippen LogP contribution in [-0.4, -0.2) is 10.9 Å². The average Bonchev–Trinajstić information content (AvgIpc) is 3.04. The number of carbonyl (C=O) groups excluding carboxylic acids is 1. The number of anilines is 1. The average molecular weight is 384 g/mol. The Morgan fingerprint density at radius 2 is 1.81 bits per heavy atom. The molecule has 3 rings (SSSR count). The Hall–Kier alpha value is -2.81. The molecule has 0 spiro atoms. The summed E-state index contributed by atoms with van der Waals surface area (Å²) in [5.41, 5.74) is -1.69. The molecule has 9 heteroatoms. The van der Waals surface area contributed by atoms with Gasteiger partial charge in [0.2, 0.25) is 0 Å². The number of rotatable bonds is 3. The number of thiazole rings is 1. The van der Waals surface area contributed by atoms with Crippen molar-refractivity contribution in [3.63, 3.8) is 0 Å². The molecule has 1 heterocycles. The Kier molecular flexibility index (Phi) is 4.73. The van der Waals surface area contributed by atoms with Gasteiger partial charge in [0.25, 0.3) is 5.91 Å². The summed E-state index contributed by atoms with van der Waals surface area (Å²) < 4.78 is 66.0. The van der Waals surface area contributed by atoms with E-state index in [1.807, 2.05) is 0 Å². The highest BCUT2D eigenvalue weighted by molar-refractivity contribution is 7.14. The maximum atomic E-state index is 13.8. The van der Waals surface area contributed by atoms with Crippen LogP contribution in [0.25, 0.3) is 11.3 Å². The van der Waals surface area contributed by atoms with Crippen LogP contribution in [0, 0.1) is 11.6 Å². The van der Waals surface area contributed by atoms with Crippen molar-refractivity contribution in [2.45, 2.75) is 6.18 Å². The fourth-order valence-corrected chi connectivity index (χ4v) is 2.95. The third kappa shape index (κ3) is 3.72. The maximum Gasteiger partial charge on any atom is 0.417 e. The zero-order valence-electron chi connectivity index (χ0n) is 12.8. The van der Waals surface area contributed by atoms with Crippen LogP contribution in [0.1, 0.15) is 15.9 Å². The van der Waals surface area contributed by atoms with E-state index in [1.54, 1.807) is 0 Å². The van der Waals surface area contributed by atoms with Crippen LogP contribution in [-0.2, 0) is 6.18 Å². The summed E-state index contributed by atoms with van der Waals surface area (Å²) in [5, 5.41) is 3.57. The van der Waals surface area contributed by atoms with Crippen molar-refractivity contribution >= 4 is 22.4 Å². The number of nitrogens with one attached hydrogen (secondary N) is 1. The minimum Gasteiger partial charge on any atom is -0.298 e. The van der Waals surface area contributed by atoms with Crippen molar-refractivity contribution in [2.75, 3.05) is 5.32 Å². The van der Waals surface area contributed by atoms with Crippen LogP contribution in [0.2, 0.25) is 0 Å². The van der Waals surface area contributed by atoms with E-state index in [2.05, 4.69) is 10.3 Å². The number of hydrogen-bond acceptors (Lipinski definition) is 3. The first kappa shape index (κ1) is 18.0. The number of nitrogens with zero attached hydrogens (tertiary/aromatic N) is 1. The van der Waals surface area contributed by atoms with Crippen LogP contribution in [0.3, 0.4) is 0 Å². The van der Waals surface area contributed by atoms with Crippen molar-refractivity contribution in [1.29, 1.82) is 0 Å². The van der Waals surface area contributed by atoms with Gasteiger partial charge in [-0.15, -0.1) is 11.3 Å². The minimum atomic E-state index is -4.69. The summed E-state index contributed by atoms with van der Waals surface area (Å²) in [4.78, 5) is 16.1. The molecule has 1 amide bonds. The third-order valence-electron chi connectivity index (χ3n) is 3.41. The van der Waals surface area contributed by atoms with Gasteiger partial charge in [-0.1, -0.05) is 12.1 Å². The van der Waals surface area contributed by atoms with E-state index in [9.17, 15) is 26.7 Å². The Morgan fingerprint density at radius 1 is 1.08 bits per heavy atom. The van der Waals surface area contributed by atoms with Gasteiger partial charge < -0.3 is 0 Å². The van der Waals surface area contributed by atoms with Gasteiger partial charge >= 0.3 is 6.18 Å². The standard InChI is InChI=1S/C17H9F5N2OS/c18-9-5-6-13(19)11(7-9)14-8-26-16(23-14)24-15(25)10-3-1-2-4-12(10)17(20,21)22/h1-8H,(H,23,24,25). The Bertz CT molecular complexity index is 968. The molecule has 1 aromatic heterocycles. The number of alkyl halides is 3. The molecule has 0 saturated carbocycles. The predicted molar refractivity (Wildman–Crippen MR) is 86.9 cm³/mol. The molecule has 0 aliphatic rings. The number of benzene rings is 2. The SMILES string of the molecule is O=C(Nc1nc(-c2cc(F)ccc2F)cs1)c1ccccc1C(F)(F)F. The molecule has 26 heavy (non-hydrogen) atoms. The fraction of sp³-hybridized carbons (Fsp3) is 0.0588. The summed E-state index contributed by atoms with van der Waals surface area (Å²) in [6.45, 7) is 0. The molecule has 134 valence electrons. The summed E-state index contributed by atoms with van der Waals surface area (Å²) in [7, 11) is 0. The van der Waals surface area contributed by atoms with Crippen molar-refractivity contribution in [2.24, 2.45) is 0 Å². The molecule has 0 unspecified atom stereocenters. The van der Waals surface area contributed by atoms with Crippen LogP contribution < -0.4 is 5.32 Å². The second kappa shape index (κ2) is 6.83. The Balaban J connectivity index is 1.87. The molecule has 3 nitrogen and oxygen atoms in total. The zero-order valence-corrected chi connectivity index (χ0v) is 13.6. The molecule has 2 aromatic carbocycles. The number of carbonyl (C=O) groups is 1. The number of halogens is 5. The molecule has 3 aromatic rings. The maximum absolute atomic E-state index is 13.8. The summed E-state index contributed by atoms with van der Waals surface area (Å²) in [6.07, 6.45) is -4.69. The van der Waals surface area contributed by atoms with Gasteiger partial charge in [0.05, 0.1) is 16.8 Å². The summed E-state index contributed by atoms with van der Waals surface area (Å²) in [5.74, 6) is -2.38. The number of amides is 1. The third-order valence-corrected chi connectivity index (χ3v) is 4.16. The lowest BCUT2D eigenvalue weighted by atomic mass is 10.1. The molecule has 1 N–H and O–H groups in total. The predicted octanol–water partition coefficient (Wildman–Crippen LogP) is 5.36. The van der Waals surface area contributed by atoms with Crippen LogP contribution in [0.15, 0.2) is 47.8 Å². The quantitative estimate of drug-likeness (QED) is 0.618. The molecular weight excluding hydrogens is 375 g/mol. The van der Waals surface area contributed by atoms with E-state index in [0.717, 1.165) is 41.7 Å². The Morgan fingerprint density at radius 3 is 2.54 bits per heavy atom. The molecule has 0 bridgehead atoms. The molecule has 0 saturated heterocycles. The molecule has 0 radical (unpaired) electrons. The van der Waals surface area contributed by atoms with E-state index in [0.29, 0.717) is 0 Å². The monoisotopic (exact) mass is 384 g/mol. The molecule has 0 aliphatic carbocycles. The largest absolute Gasteiger partial charge is 0.417 e. The van der Waals surface area contributed by atoms with E-state index in [4.69, 9.17) is 0 Å². The van der Waals surface area contributed by atoms with Gasteiger partial charge in [0.15, 0.2) is 5.13 Å². The van der Waals surface area contributed by atoms with Crippen molar-refractivity contribution in [1.82, 2.24) is 4.98 Å². The van der Waals surface area contributed by atoms with Crippen LogP contribution >= 0.6 is 11.3 Å². The lowest BCUT2D eigenvalue weighted by Crippen LogP contribution is -2.18. The topological polar surface area (TPSA) is 42.0 Å². The second-order valence-corrected chi connectivity index (χ2v) is 6.02. The summed E-state index contributed by atoms with van der Waals surface area (Å²) >= 11 is 0.882. The normalized spacial score (nSPS) is 11.4. The molecule has 0 atom stereocenters. The number of aromatic nitrogens is 1. The van der Waals surface area contributed by atoms with Gasteiger partial charge in [-0.3, -0.25) is 10.1 Å². The van der Waals surface area contributed by atoms with Crippen molar-refractivity contribution in [3.05, 3.63) is 70.6 Å². The lowest BCUT2D eigenvalue weighted by Gasteiger charge is -2.11. The minimum absolute atomic E-state index is 0.0364. The van der Waals surface area contributed by atoms with E-state index < -0.39 is 34.8 Å². The highest BCUT2D eigenvalue weighted by atomic mass is 32.1. The second-order valence-electron chi connectivity index (χ2n) is 5.16. The van der Waals surface area contributed by atoms with Gasteiger partial charge in [0.1, 0.15) is 11.6 Å². The number of hydrogen-bond donors (Lipinski definition) is 1. The molecule has 0 aliphatic heterocycles. The van der Waals surface area contributed by atoms with E-state index in [-0.39, 0.29) is 16.4 Å². The van der Waals surface area contributed by atoms with E-state index in [1.165, 1.54) is 17.5 Å². The molecular formula is C17H9F5N2OS. The smallest absolute Gasteiger partial charge is 0.298 e. The first-order chi connectivity index (χ1) is 12.3. The lowest BCUT2D eigenvalue weighted by molar-refractivity contribution is -0.137. The van der Waals surface area contributed by atoms with Gasteiger partial charge in [-0.05, 0) is 30.3 Å². The molecule has 0 fully saturated rings. The van der Waals surface area contributed by atoms with Crippen LogP contribution in [0.4, 0.5) is 27.1 Å². The van der Waals surface area contributed by atoms with Gasteiger partial charge in [-0.25, -0.2) is 13.8 Å². The Labute approximate surface area is 148 Å². The van der Waals surface area contributed by atoms with Gasteiger partial charge in [0, 0.05) is 10.9 Å². The zero-order chi connectivity index (χ0) is 18.9. The van der Waals surface area contributed by atoms with E-state index >= 15 is 0 Å². The summed E-state index contributed by atoms with van der Waals surface area (Å²) in [6, 6.07) is 7.13. The highest BCUT2D eigenvalue weighted by Gasteiger charge is 2.35. The van der Waals surface area contributed by atoms with Crippen molar-refractivity contribution < 1.29 is 26.7 Å². The first-order valence-electron chi connectivity index (χ1n) is 7.14. The van der Waals surface area contributed by atoms with Gasteiger partial charge in [-0.2, -0.15) is 13.2 Å². The fourth-order valence-electron chi connectivity index (χ4n) is 2.24.